The van der Waals surface area contributed by atoms with E-state index in [4.69, 9.17) is 0 Å². The number of hydrogen-bond donors (Lipinski definition) is 2. The number of fused-ring (bicyclic) bond motifs is 1. The molecule has 0 amide bonds. The zero-order valence-electron chi connectivity index (χ0n) is 22.4. The van der Waals surface area contributed by atoms with Gasteiger partial charge < -0.3 is 10.6 Å². The number of anilines is 4. The largest absolute Gasteiger partial charge is 0.338 e. The Labute approximate surface area is 241 Å². The van der Waals surface area contributed by atoms with Crippen LogP contribution in [0.2, 0.25) is 0 Å². The van der Waals surface area contributed by atoms with Gasteiger partial charge in [0.2, 0.25) is 5.95 Å². The van der Waals surface area contributed by atoms with Crippen LogP contribution in [0.15, 0.2) is 102 Å². The highest BCUT2D eigenvalue weighted by Crippen LogP contribution is 2.28. The predicted molar refractivity (Wildman–Crippen MR) is 159 cm³/mol. The van der Waals surface area contributed by atoms with Crippen LogP contribution in [0, 0.1) is 12.7 Å². The normalized spacial score (nSPS) is 11.5. The molecule has 0 saturated heterocycles. The number of imidazole rings is 1. The van der Waals surface area contributed by atoms with Gasteiger partial charge in [0.1, 0.15) is 18.0 Å². The van der Waals surface area contributed by atoms with Crippen molar-refractivity contribution in [2.45, 2.75) is 18.2 Å². The minimum Gasteiger partial charge on any atom is -0.338 e. The molecule has 0 aliphatic heterocycles. The van der Waals surface area contributed by atoms with Crippen molar-refractivity contribution >= 4 is 44.3 Å². The zero-order chi connectivity index (χ0) is 29.1. The van der Waals surface area contributed by atoms with Gasteiger partial charge in [0, 0.05) is 30.2 Å². The summed E-state index contributed by atoms with van der Waals surface area (Å²) in [6, 6.07) is 21.7. The van der Waals surface area contributed by atoms with E-state index in [0.717, 1.165) is 11.3 Å². The molecule has 2 N–H and O–H groups in total. The molecule has 0 fully saturated rings. The predicted octanol–water partition coefficient (Wildman–Crippen LogP) is 5.56. The van der Waals surface area contributed by atoms with E-state index in [1.165, 1.54) is 12.1 Å². The molecule has 6 rings (SSSR count). The summed E-state index contributed by atoms with van der Waals surface area (Å²) in [5.74, 6) is 0.717. The summed E-state index contributed by atoms with van der Waals surface area (Å²) in [5, 5.41) is 6.34. The van der Waals surface area contributed by atoms with Crippen molar-refractivity contribution < 1.29 is 12.8 Å². The number of aromatic nitrogens is 6. The number of nitrogens with zero attached hydrogens (tertiary/aromatic N) is 6. The van der Waals surface area contributed by atoms with Crippen molar-refractivity contribution in [1.82, 2.24) is 29.5 Å². The zero-order valence-corrected chi connectivity index (χ0v) is 23.3. The van der Waals surface area contributed by atoms with Crippen LogP contribution in [-0.4, -0.2) is 43.7 Å². The van der Waals surface area contributed by atoms with Crippen LogP contribution in [0.1, 0.15) is 11.3 Å². The molecule has 2 aromatic carbocycles. The summed E-state index contributed by atoms with van der Waals surface area (Å²) in [6.45, 7) is 1.94. The van der Waals surface area contributed by atoms with Gasteiger partial charge in [-0.3, -0.25) is 9.55 Å². The van der Waals surface area contributed by atoms with Gasteiger partial charge in [0.05, 0.1) is 16.3 Å². The van der Waals surface area contributed by atoms with Crippen LogP contribution >= 0.6 is 0 Å². The molecule has 0 bridgehead atoms. The highest BCUT2D eigenvalue weighted by Gasteiger charge is 2.18. The fraction of sp³-hybridized carbons (Fsp3) is 0.100. The van der Waals surface area contributed by atoms with Crippen LogP contribution < -0.4 is 10.6 Å². The van der Waals surface area contributed by atoms with Crippen molar-refractivity contribution in [1.29, 1.82) is 0 Å². The van der Waals surface area contributed by atoms with E-state index in [1.54, 1.807) is 71.8 Å². The summed E-state index contributed by atoms with van der Waals surface area (Å²) in [6.07, 6.45) is 5.24. The number of hydrogen-bond acceptors (Lipinski definition) is 9. The molecule has 12 heteroatoms. The molecule has 4 aromatic heterocycles. The van der Waals surface area contributed by atoms with Gasteiger partial charge in [-0.05, 0) is 73.2 Å². The lowest BCUT2D eigenvalue weighted by molar-refractivity contribution is 0.595. The lowest BCUT2D eigenvalue weighted by atomic mass is 10.3. The molecule has 0 aliphatic rings. The van der Waals surface area contributed by atoms with Crippen molar-refractivity contribution in [3.05, 3.63) is 115 Å². The van der Waals surface area contributed by atoms with Crippen molar-refractivity contribution in [2.24, 2.45) is 0 Å². The van der Waals surface area contributed by atoms with Crippen molar-refractivity contribution in [3.63, 3.8) is 0 Å². The van der Waals surface area contributed by atoms with Crippen LogP contribution in [0.25, 0.3) is 16.9 Å². The Bertz CT molecular complexity index is 1960. The Morgan fingerprint density at radius 3 is 2.48 bits per heavy atom. The molecule has 0 spiro atoms. The molecule has 0 radical (unpaired) electrons. The van der Waals surface area contributed by atoms with Crippen LogP contribution in [0.5, 0.6) is 0 Å². The van der Waals surface area contributed by atoms with Gasteiger partial charge in [-0.15, -0.1) is 0 Å². The Morgan fingerprint density at radius 1 is 0.881 bits per heavy atom. The van der Waals surface area contributed by atoms with Crippen molar-refractivity contribution in [2.75, 3.05) is 16.4 Å². The van der Waals surface area contributed by atoms with E-state index in [0.29, 0.717) is 40.6 Å². The average Bonchev–Trinajstić information content (AvgIpc) is 3.43. The first-order valence-corrected chi connectivity index (χ1v) is 14.7. The second kappa shape index (κ2) is 11.3. The number of sulfone groups is 1. The molecule has 6 aromatic rings. The third-order valence-corrected chi connectivity index (χ3v) is 8.19. The quantitative estimate of drug-likeness (QED) is 0.226. The second-order valence-electron chi connectivity index (χ2n) is 9.55. The fourth-order valence-corrected chi connectivity index (χ4v) is 5.56. The summed E-state index contributed by atoms with van der Waals surface area (Å²) < 4.78 is 41.6. The standard InChI is InChI=1S/C30H25FN8O2S/c1-20-8-13-26(33-18-20)36-30-37-28(27-29(38-30)39(19-34-27)24-7-4-5-21(31)17-24)35-23-9-11-25(12-10-23)42(40,41)16-14-22-6-2-3-15-32-22/h2-13,15,17-19H,14,16H2,1H3,(H2,33,35,36,37,38). The maximum Gasteiger partial charge on any atom is 0.232 e. The van der Waals surface area contributed by atoms with E-state index in [9.17, 15) is 12.8 Å². The van der Waals surface area contributed by atoms with E-state index in [2.05, 4.69) is 35.6 Å². The number of nitrogens with one attached hydrogen (secondary N) is 2. The second-order valence-corrected chi connectivity index (χ2v) is 11.7. The first-order chi connectivity index (χ1) is 20.3. The minimum atomic E-state index is -3.51. The first kappa shape index (κ1) is 27.0. The molecule has 4 heterocycles. The van der Waals surface area contributed by atoms with E-state index >= 15 is 0 Å². The van der Waals surface area contributed by atoms with Gasteiger partial charge >= 0.3 is 0 Å². The summed E-state index contributed by atoms with van der Waals surface area (Å²) in [5.41, 5.74) is 3.73. The monoisotopic (exact) mass is 580 g/mol. The Morgan fingerprint density at radius 2 is 1.74 bits per heavy atom. The van der Waals surface area contributed by atoms with Gasteiger partial charge in [-0.25, -0.2) is 22.8 Å². The number of benzene rings is 2. The Hall–Kier alpha value is -5.23. The SMILES string of the molecule is Cc1ccc(Nc2nc(Nc3ccc(S(=O)(=O)CCc4ccccn4)cc3)c3ncn(-c4cccc(F)c4)c3n2)nc1. The maximum atomic E-state index is 14.0. The topological polar surface area (TPSA) is 128 Å². The molecule has 0 saturated carbocycles. The Balaban J connectivity index is 1.31. The van der Waals surface area contributed by atoms with Gasteiger partial charge in [0.25, 0.3) is 0 Å². The van der Waals surface area contributed by atoms with E-state index < -0.39 is 9.84 Å². The third kappa shape index (κ3) is 5.93. The van der Waals surface area contributed by atoms with E-state index in [1.807, 2.05) is 25.1 Å². The maximum absolute atomic E-state index is 14.0. The lowest BCUT2D eigenvalue weighted by Crippen LogP contribution is -2.10. The van der Waals surface area contributed by atoms with Crippen molar-refractivity contribution in [3.8, 4) is 5.69 Å². The molecule has 0 aliphatic carbocycles. The molecule has 0 unspecified atom stereocenters. The smallest absolute Gasteiger partial charge is 0.232 e. The fourth-order valence-electron chi connectivity index (χ4n) is 4.30. The first-order valence-electron chi connectivity index (χ1n) is 13.0. The minimum absolute atomic E-state index is 0.0527. The van der Waals surface area contributed by atoms with Gasteiger partial charge in [-0.1, -0.05) is 18.2 Å². The number of aryl methyl sites for hydroxylation is 2. The number of halogens is 1. The van der Waals surface area contributed by atoms with Gasteiger partial charge in [0.15, 0.2) is 26.8 Å². The molecular formula is C30H25FN8O2S. The highest BCUT2D eigenvalue weighted by molar-refractivity contribution is 7.91. The third-order valence-electron chi connectivity index (χ3n) is 6.46. The summed E-state index contributed by atoms with van der Waals surface area (Å²) in [4.78, 5) is 22.5. The molecule has 10 nitrogen and oxygen atoms in total. The van der Waals surface area contributed by atoms with Crippen LogP contribution in [0.4, 0.5) is 27.7 Å². The summed E-state index contributed by atoms with van der Waals surface area (Å²) in [7, 11) is -3.51. The molecular weight excluding hydrogens is 555 g/mol. The average molecular weight is 581 g/mol. The number of rotatable bonds is 9. The summed E-state index contributed by atoms with van der Waals surface area (Å²) >= 11 is 0. The molecule has 210 valence electrons. The van der Waals surface area contributed by atoms with E-state index in [-0.39, 0.29) is 22.4 Å². The molecule has 0 atom stereocenters. The Kier molecular flexibility index (Phi) is 7.28. The highest BCUT2D eigenvalue weighted by atomic mass is 32.2. The molecule has 42 heavy (non-hydrogen) atoms. The lowest BCUT2D eigenvalue weighted by Gasteiger charge is -2.11. The number of pyridine rings is 2. The van der Waals surface area contributed by atoms with Crippen LogP contribution in [-0.2, 0) is 16.3 Å². The van der Waals surface area contributed by atoms with Gasteiger partial charge in [-0.2, -0.15) is 9.97 Å². The van der Waals surface area contributed by atoms with Crippen LogP contribution in [0.3, 0.4) is 0 Å².